The number of hydrogen-bond donors (Lipinski definition) is 1. The summed E-state index contributed by atoms with van der Waals surface area (Å²) in [6.07, 6.45) is 2.82. The summed E-state index contributed by atoms with van der Waals surface area (Å²) in [6.45, 7) is 5.79. The van der Waals surface area contributed by atoms with Gasteiger partial charge in [0, 0.05) is 19.6 Å². The molecule has 0 bridgehead atoms. The van der Waals surface area contributed by atoms with Crippen LogP contribution in [0, 0.1) is 5.92 Å². The number of hydrogen-bond acceptors (Lipinski definition) is 4. The van der Waals surface area contributed by atoms with Gasteiger partial charge in [-0.25, -0.2) is 8.42 Å². The van der Waals surface area contributed by atoms with Gasteiger partial charge in [0.05, 0.1) is 16.6 Å². The van der Waals surface area contributed by atoms with Gasteiger partial charge in [-0.05, 0) is 42.9 Å². The van der Waals surface area contributed by atoms with Crippen molar-refractivity contribution < 1.29 is 13.2 Å². The van der Waals surface area contributed by atoms with Crippen LogP contribution in [0.1, 0.15) is 38.7 Å². The first-order valence-electron chi connectivity index (χ1n) is 11.5. The Bertz CT molecular complexity index is 1020. The van der Waals surface area contributed by atoms with E-state index in [-0.39, 0.29) is 11.9 Å². The van der Waals surface area contributed by atoms with Crippen LogP contribution in [-0.2, 0) is 21.2 Å². The van der Waals surface area contributed by atoms with Gasteiger partial charge in [0.2, 0.25) is 15.9 Å². The Hall–Kier alpha value is -2.22. The third kappa shape index (κ3) is 4.47. The molecule has 2 aromatic carbocycles. The lowest BCUT2D eigenvalue weighted by Crippen LogP contribution is -2.60. The maximum atomic E-state index is 13.5. The zero-order chi connectivity index (χ0) is 22.8. The predicted octanol–water partition coefficient (Wildman–Crippen LogP) is 3.26. The van der Waals surface area contributed by atoms with Gasteiger partial charge in [-0.2, -0.15) is 4.31 Å². The summed E-state index contributed by atoms with van der Waals surface area (Å²) in [5.41, 5.74) is 0.644. The van der Waals surface area contributed by atoms with Gasteiger partial charge in [-0.15, -0.1) is 0 Å². The molecule has 2 fully saturated rings. The average molecular weight is 456 g/mol. The number of piperidine rings is 1. The van der Waals surface area contributed by atoms with Crippen LogP contribution in [0.3, 0.4) is 0 Å². The molecular formula is C25H33N3O3S. The van der Waals surface area contributed by atoms with Crippen LogP contribution in [0.5, 0.6) is 0 Å². The highest BCUT2D eigenvalue weighted by atomic mass is 32.2. The molecular weight excluding hydrogens is 422 g/mol. The lowest BCUT2D eigenvalue weighted by atomic mass is 9.95. The fraction of sp³-hybridized carbons (Fsp3) is 0.480. The molecule has 4 rings (SSSR count). The average Bonchev–Trinajstić information content (AvgIpc) is 3.05. The molecule has 2 atom stereocenters. The van der Waals surface area contributed by atoms with Crippen LogP contribution in [-0.4, -0.2) is 54.9 Å². The molecule has 1 spiro atoms. The molecule has 2 saturated heterocycles. The van der Waals surface area contributed by atoms with Crippen LogP contribution in [0.4, 0.5) is 0 Å². The van der Waals surface area contributed by atoms with Gasteiger partial charge in [-0.3, -0.25) is 10.1 Å². The first-order chi connectivity index (χ1) is 15.4. The Balaban J connectivity index is 1.54. The van der Waals surface area contributed by atoms with Gasteiger partial charge in [0.15, 0.2) is 0 Å². The zero-order valence-electron chi connectivity index (χ0n) is 18.9. The van der Waals surface area contributed by atoms with Gasteiger partial charge < -0.3 is 4.90 Å². The summed E-state index contributed by atoms with van der Waals surface area (Å²) >= 11 is 0. The molecule has 2 aromatic rings. The van der Waals surface area contributed by atoms with E-state index in [4.69, 9.17) is 0 Å². The fourth-order valence-electron chi connectivity index (χ4n) is 4.81. The number of amides is 1. The monoisotopic (exact) mass is 455 g/mol. The molecule has 7 heteroatoms. The van der Waals surface area contributed by atoms with Crippen molar-refractivity contribution in [3.8, 4) is 0 Å². The van der Waals surface area contributed by atoms with Crippen LogP contribution >= 0.6 is 0 Å². The molecule has 0 saturated carbocycles. The van der Waals surface area contributed by atoms with Crippen LogP contribution in [0.25, 0.3) is 0 Å². The van der Waals surface area contributed by atoms with E-state index in [1.54, 1.807) is 28.6 Å². The highest BCUT2D eigenvalue weighted by Gasteiger charge is 2.52. The molecule has 1 N–H and O–H groups in total. The molecule has 0 aliphatic carbocycles. The first kappa shape index (κ1) is 23.0. The van der Waals surface area contributed by atoms with Gasteiger partial charge in [-0.1, -0.05) is 68.8 Å². The second kappa shape index (κ2) is 9.33. The highest BCUT2D eigenvalue weighted by Crippen LogP contribution is 2.35. The number of carbonyl (C=O) groups is 1. The number of benzene rings is 2. The quantitative estimate of drug-likeness (QED) is 0.696. The SMILES string of the molecule is CC[C@H](C)CN1C(=O)[C@H](Cc2ccccc2)NC12CCN(S(=O)(=O)c1ccccc1)CC2. The Labute approximate surface area is 191 Å². The highest BCUT2D eigenvalue weighted by molar-refractivity contribution is 7.89. The summed E-state index contributed by atoms with van der Waals surface area (Å²) in [4.78, 5) is 15.8. The molecule has 0 radical (unpaired) electrons. The smallest absolute Gasteiger partial charge is 0.243 e. The topological polar surface area (TPSA) is 69.7 Å². The van der Waals surface area contributed by atoms with Crippen LogP contribution in [0.2, 0.25) is 0 Å². The Morgan fingerprint density at radius 1 is 1.03 bits per heavy atom. The van der Waals surface area contributed by atoms with Crippen molar-refractivity contribution in [1.29, 1.82) is 0 Å². The number of sulfonamides is 1. The number of nitrogens with one attached hydrogen (secondary N) is 1. The van der Waals surface area contributed by atoms with Crippen LogP contribution < -0.4 is 5.32 Å². The molecule has 2 aliphatic rings. The Morgan fingerprint density at radius 3 is 2.22 bits per heavy atom. The minimum Gasteiger partial charge on any atom is -0.323 e. The molecule has 1 amide bonds. The molecule has 2 heterocycles. The molecule has 0 aromatic heterocycles. The van der Waals surface area contributed by atoms with Crippen molar-refractivity contribution in [2.75, 3.05) is 19.6 Å². The van der Waals surface area contributed by atoms with E-state index in [0.717, 1.165) is 12.0 Å². The summed E-state index contributed by atoms with van der Waals surface area (Å²) < 4.78 is 27.7. The maximum absolute atomic E-state index is 13.5. The fourth-order valence-corrected chi connectivity index (χ4v) is 6.27. The predicted molar refractivity (Wildman–Crippen MR) is 125 cm³/mol. The lowest BCUT2D eigenvalue weighted by molar-refractivity contribution is -0.134. The number of rotatable bonds is 7. The maximum Gasteiger partial charge on any atom is 0.243 e. The van der Waals surface area contributed by atoms with Gasteiger partial charge in [0.1, 0.15) is 0 Å². The van der Waals surface area contributed by atoms with Crippen molar-refractivity contribution in [2.45, 2.75) is 56.1 Å². The molecule has 32 heavy (non-hydrogen) atoms. The van der Waals surface area contributed by atoms with E-state index < -0.39 is 15.7 Å². The van der Waals surface area contributed by atoms with Crippen molar-refractivity contribution in [2.24, 2.45) is 5.92 Å². The van der Waals surface area contributed by atoms with Crippen molar-refractivity contribution in [1.82, 2.24) is 14.5 Å². The second-order valence-electron chi connectivity index (χ2n) is 9.10. The molecule has 6 nitrogen and oxygen atoms in total. The largest absolute Gasteiger partial charge is 0.323 e. The number of carbonyl (C=O) groups excluding carboxylic acids is 1. The minimum atomic E-state index is -3.53. The van der Waals surface area contributed by atoms with E-state index in [2.05, 4.69) is 19.2 Å². The third-order valence-corrected chi connectivity index (χ3v) is 8.84. The molecule has 2 aliphatic heterocycles. The van der Waals surface area contributed by atoms with Crippen LogP contribution in [0.15, 0.2) is 65.6 Å². The minimum absolute atomic E-state index is 0.133. The molecule has 172 valence electrons. The van der Waals surface area contributed by atoms with E-state index in [1.807, 2.05) is 41.3 Å². The zero-order valence-corrected chi connectivity index (χ0v) is 19.7. The van der Waals surface area contributed by atoms with E-state index in [9.17, 15) is 13.2 Å². The lowest BCUT2D eigenvalue weighted by Gasteiger charge is -2.45. The van der Waals surface area contributed by atoms with Gasteiger partial charge >= 0.3 is 0 Å². The number of nitrogens with zero attached hydrogens (tertiary/aromatic N) is 2. The second-order valence-corrected chi connectivity index (χ2v) is 11.0. The summed E-state index contributed by atoms with van der Waals surface area (Å²) in [7, 11) is -3.53. The van der Waals surface area contributed by atoms with Crippen molar-refractivity contribution >= 4 is 15.9 Å². The van der Waals surface area contributed by atoms with Gasteiger partial charge in [0.25, 0.3) is 0 Å². The summed E-state index contributed by atoms with van der Waals surface area (Å²) in [5, 5.41) is 3.65. The summed E-state index contributed by atoms with van der Waals surface area (Å²) in [5.74, 6) is 0.521. The van der Waals surface area contributed by atoms with E-state index in [1.165, 1.54) is 0 Å². The Morgan fingerprint density at radius 2 is 1.62 bits per heavy atom. The normalized spacial score (nSPS) is 22.4. The van der Waals surface area contributed by atoms with Crippen molar-refractivity contribution in [3.63, 3.8) is 0 Å². The summed E-state index contributed by atoms with van der Waals surface area (Å²) in [6, 6.07) is 18.4. The van der Waals surface area contributed by atoms with E-state index in [0.29, 0.717) is 49.7 Å². The van der Waals surface area contributed by atoms with Crippen molar-refractivity contribution in [3.05, 3.63) is 66.2 Å². The molecule has 0 unspecified atom stereocenters. The van der Waals surface area contributed by atoms with E-state index >= 15 is 0 Å². The standard InChI is InChI=1S/C25H33N3O3S/c1-3-20(2)19-28-24(29)23(18-21-10-6-4-7-11-21)26-25(28)14-16-27(17-15-25)32(30,31)22-12-8-5-9-13-22/h4-13,20,23,26H,3,14-19H2,1-2H3/t20-,23-/m0/s1. The Kier molecular flexibility index (Phi) is 6.70. The first-order valence-corrected chi connectivity index (χ1v) is 13.0. The third-order valence-electron chi connectivity index (χ3n) is 6.93.